The van der Waals surface area contributed by atoms with Crippen LogP contribution in [0.25, 0.3) is 0 Å². The molecule has 1 heterocycles. The normalized spacial score (nSPS) is 11.9. The van der Waals surface area contributed by atoms with Crippen LogP contribution >= 0.6 is 43.2 Å². The summed E-state index contributed by atoms with van der Waals surface area (Å²) in [5.74, 6) is -0.159. The smallest absolute Gasteiger partial charge is 0.256 e. The maximum atomic E-state index is 12.4. The van der Waals surface area contributed by atoms with Crippen LogP contribution in [-0.4, -0.2) is 34.4 Å². The molecule has 0 bridgehead atoms. The fourth-order valence-electron chi connectivity index (χ4n) is 1.34. The number of carbonyl (C=O) groups excluding carboxylic acids is 1. The minimum atomic E-state index is -0.162. The minimum absolute atomic E-state index is 0.00228. The van der Waals surface area contributed by atoms with E-state index >= 15 is 0 Å². The molecule has 0 saturated heterocycles. The van der Waals surface area contributed by atoms with Gasteiger partial charge in [0, 0.05) is 6.04 Å². The van der Waals surface area contributed by atoms with E-state index in [-0.39, 0.29) is 24.3 Å². The Hall–Kier alpha value is -0.600. The van der Waals surface area contributed by atoms with Crippen molar-refractivity contribution in [2.45, 2.75) is 19.9 Å². The summed E-state index contributed by atoms with van der Waals surface area (Å²) in [6.07, 6.45) is 0. The molecule has 1 rings (SSSR count). The summed E-state index contributed by atoms with van der Waals surface area (Å²) < 4.78 is 1.62. The van der Waals surface area contributed by atoms with Gasteiger partial charge in [0.15, 0.2) is 5.84 Å². The largest absolute Gasteiger partial charge is 0.409 e. The number of nitrogens with two attached hydrogens (primary N) is 1. The molecule has 3 N–H and O–H groups in total. The lowest BCUT2D eigenvalue weighted by Crippen LogP contribution is -2.42. The van der Waals surface area contributed by atoms with Crippen molar-refractivity contribution in [3.63, 3.8) is 0 Å². The molecule has 8 heteroatoms. The maximum absolute atomic E-state index is 12.4. The summed E-state index contributed by atoms with van der Waals surface area (Å²) in [6, 6.07) is 1.70. The molecule has 0 fully saturated rings. The molecule has 0 aliphatic rings. The van der Waals surface area contributed by atoms with Crippen LogP contribution < -0.4 is 5.73 Å². The van der Waals surface area contributed by atoms with Crippen molar-refractivity contribution in [3.8, 4) is 0 Å². The second-order valence-electron chi connectivity index (χ2n) is 3.86. The van der Waals surface area contributed by atoms with Crippen molar-refractivity contribution in [2.75, 3.05) is 6.54 Å². The van der Waals surface area contributed by atoms with Crippen molar-refractivity contribution >= 4 is 54.9 Å². The summed E-state index contributed by atoms with van der Waals surface area (Å²) in [6.45, 7) is 3.84. The molecule has 0 aliphatic heterocycles. The zero-order valence-corrected chi connectivity index (χ0v) is 13.8. The molecular formula is C10H13Br2N3O2S. The first-order valence-electron chi connectivity index (χ1n) is 5.09. The monoisotopic (exact) mass is 397 g/mol. The molecule has 0 aliphatic carbocycles. The fourth-order valence-corrected chi connectivity index (χ4v) is 4.11. The third-order valence-corrected chi connectivity index (χ3v) is 4.57. The summed E-state index contributed by atoms with van der Waals surface area (Å²) in [4.78, 5) is 13.9. The van der Waals surface area contributed by atoms with Crippen LogP contribution in [0.2, 0.25) is 0 Å². The number of thiophene rings is 1. The van der Waals surface area contributed by atoms with Gasteiger partial charge in [0.25, 0.3) is 5.91 Å². The second kappa shape index (κ2) is 6.53. The van der Waals surface area contributed by atoms with Gasteiger partial charge in [-0.1, -0.05) is 5.16 Å². The molecular weight excluding hydrogens is 386 g/mol. The van der Waals surface area contributed by atoms with E-state index < -0.39 is 0 Å². The molecule has 18 heavy (non-hydrogen) atoms. The summed E-state index contributed by atoms with van der Waals surface area (Å²) in [5, 5.41) is 11.5. The number of rotatable bonds is 4. The predicted molar refractivity (Wildman–Crippen MR) is 79.3 cm³/mol. The number of amidine groups is 1. The van der Waals surface area contributed by atoms with Crippen molar-refractivity contribution < 1.29 is 10.0 Å². The Labute approximate surface area is 126 Å². The van der Waals surface area contributed by atoms with E-state index in [1.807, 2.05) is 13.8 Å². The Balaban J connectivity index is 3.00. The Kier molecular flexibility index (Phi) is 5.61. The lowest BCUT2D eigenvalue weighted by Gasteiger charge is -2.25. The quantitative estimate of drug-likeness (QED) is 0.354. The van der Waals surface area contributed by atoms with Crippen LogP contribution in [0.15, 0.2) is 18.8 Å². The number of halogens is 2. The van der Waals surface area contributed by atoms with Crippen molar-refractivity contribution in [2.24, 2.45) is 10.9 Å². The molecule has 0 saturated carbocycles. The van der Waals surface area contributed by atoms with E-state index in [2.05, 4.69) is 37.0 Å². The second-order valence-corrected chi connectivity index (χ2v) is 7.61. The highest BCUT2D eigenvalue weighted by Gasteiger charge is 2.23. The Morgan fingerprint density at radius 1 is 1.61 bits per heavy atom. The van der Waals surface area contributed by atoms with Crippen LogP contribution in [0.5, 0.6) is 0 Å². The van der Waals surface area contributed by atoms with Gasteiger partial charge in [0.2, 0.25) is 0 Å². The van der Waals surface area contributed by atoms with Gasteiger partial charge in [-0.05, 0) is 51.8 Å². The zero-order chi connectivity index (χ0) is 13.9. The zero-order valence-electron chi connectivity index (χ0n) is 9.85. The molecule has 0 radical (unpaired) electrons. The topological polar surface area (TPSA) is 78.9 Å². The molecule has 5 nitrogen and oxygen atoms in total. The number of hydrogen-bond donors (Lipinski definition) is 2. The van der Waals surface area contributed by atoms with Crippen LogP contribution in [0.1, 0.15) is 24.2 Å². The van der Waals surface area contributed by atoms with Gasteiger partial charge in [0.05, 0.1) is 19.7 Å². The number of nitrogens with zero attached hydrogens (tertiary/aromatic N) is 2. The fraction of sp³-hybridized carbons (Fsp3) is 0.400. The first-order valence-corrected chi connectivity index (χ1v) is 7.49. The van der Waals surface area contributed by atoms with Crippen LogP contribution in [-0.2, 0) is 0 Å². The van der Waals surface area contributed by atoms with Crippen LogP contribution in [0.4, 0.5) is 0 Å². The van der Waals surface area contributed by atoms with Gasteiger partial charge >= 0.3 is 0 Å². The van der Waals surface area contributed by atoms with Crippen LogP contribution in [0, 0.1) is 0 Å². The van der Waals surface area contributed by atoms with Crippen molar-refractivity contribution in [1.82, 2.24) is 4.90 Å². The average Bonchev–Trinajstić information content (AvgIpc) is 2.63. The average molecular weight is 399 g/mol. The SMILES string of the molecule is CC(C)N(C/C(N)=N/O)C(=O)c1cc(Br)sc1Br. The van der Waals surface area contributed by atoms with Gasteiger partial charge in [-0.2, -0.15) is 0 Å². The highest BCUT2D eigenvalue weighted by molar-refractivity contribution is 9.12. The van der Waals surface area contributed by atoms with E-state index in [0.717, 1.165) is 7.57 Å². The Morgan fingerprint density at radius 3 is 2.61 bits per heavy atom. The molecule has 0 spiro atoms. The minimum Gasteiger partial charge on any atom is -0.409 e. The van der Waals surface area contributed by atoms with Crippen LogP contribution in [0.3, 0.4) is 0 Å². The van der Waals surface area contributed by atoms with Gasteiger partial charge in [0.1, 0.15) is 0 Å². The maximum Gasteiger partial charge on any atom is 0.256 e. The number of hydrogen-bond acceptors (Lipinski definition) is 4. The summed E-state index contributed by atoms with van der Waals surface area (Å²) >= 11 is 8.11. The highest BCUT2D eigenvalue weighted by atomic mass is 79.9. The van der Waals surface area contributed by atoms with Crippen molar-refractivity contribution in [3.05, 3.63) is 19.2 Å². The van der Waals surface area contributed by atoms with Gasteiger partial charge in [-0.3, -0.25) is 4.79 Å². The molecule has 1 aromatic rings. The number of amides is 1. The Bertz CT molecular complexity index is 474. The van der Waals surface area contributed by atoms with E-state index in [1.54, 1.807) is 6.07 Å². The molecule has 0 atom stereocenters. The van der Waals surface area contributed by atoms with Gasteiger partial charge in [-0.15, -0.1) is 11.3 Å². The van der Waals surface area contributed by atoms with E-state index in [4.69, 9.17) is 10.9 Å². The standard InChI is InChI=1S/C10H13Br2N3O2S/c1-5(2)15(4-8(13)14-17)10(16)6-3-7(11)18-9(6)12/h3,5,17H,4H2,1-2H3,(H2,13,14). The third-order valence-electron chi connectivity index (χ3n) is 2.23. The molecule has 1 amide bonds. The molecule has 0 unspecified atom stereocenters. The van der Waals surface area contributed by atoms with E-state index in [0.29, 0.717) is 5.56 Å². The van der Waals surface area contributed by atoms with Crippen molar-refractivity contribution in [1.29, 1.82) is 0 Å². The third kappa shape index (κ3) is 3.69. The Morgan fingerprint density at radius 2 is 2.22 bits per heavy atom. The number of carbonyl (C=O) groups is 1. The van der Waals surface area contributed by atoms with E-state index in [1.165, 1.54) is 16.2 Å². The summed E-state index contributed by atoms with van der Waals surface area (Å²) in [5.41, 5.74) is 6.02. The first-order chi connectivity index (χ1) is 8.36. The molecule has 100 valence electrons. The lowest BCUT2D eigenvalue weighted by atomic mass is 10.2. The number of oxime groups is 1. The first kappa shape index (κ1) is 15.5. The van der Waals surface area contributed by atoms with Gasteiger partial charge < -0.3 is 15.8 Å². The highest BCUT2D eigenvalue weighted by Crippen LogP contribution is 2.32. The molecule has 1 aromatic heterocycles. The molecule has 0 aromatic carbocycles. The van der Waals surface area contributed by atoms with E-state index in [9.17, 15) is 4.79 Å². The lowest BCUT2D eigenvalue weighted by molar-refractivity contribution is 0.0733. The van der Waals surface area contributed by atoms with Gasteiger partial charge in [-0.25, -0.2) is 0 Å². The summed E-state index contributed by atoms with van der Waals surface area (Å²) in [7, 11) is 0. The predicted octanol–water partition coefficient (Wildman–Crippen LogP) is 2.87.